The fourth-order valence-corrected chi connectivity index (χ4v) is 3.10. The van der Waals surface area contributed by atoms with Crippen molar-refractivity contribution in [3.63, 3.8) is 0 Å². The van der Waals surface area contributed by atoms with E-state index in [1.165, 1.54) is 6.07 Å². The van der Waals surface area contributed by atoms with Gasteiger partial charge in [0.05, 0.1) is 13.2 Å². The number of hydrogen-bond donors (Lipinski definition) is 3. The van der Waals surface area contributed by atoms with Crippen molar-refractivity contribution in [2.75, 3.05) is 18.5 Å². The van der Waals surface area contributed by atoms with Crippen LogP contribution < -0.4 is 25.6 Å². The number of carbonyl (C=O) groups excluding carboxylic acids is 3. The first-order valence-corrected chi connectivity index (χ1v) is 10.9. The Balaban J connectivity index is 1.65. The first-order chi connectivity index (χ1) is 16.4. The lowest BCUT2D eigenvalue weighted by Crippen LogP contribution is -2.41. The Kier molecular flexibility index (Phi) is 8.23. The molecule has 8 nitrogen and oxygen atoms in total. The molecule has 0 aromatic heterocycles. The van der Waals surface area contributed by atoms with Crippen LogP contribution in [0.25, 0.3) is 0 Å². The second kappa shape index (κ2) is 11.5. The Bertz CT molecular complexity index is 1180. The van der Waals surface area contributed by atoms with E-state index in [1.807, 2.05) is 32.9 Å². The van der Waals surface area contributed by atoms with Gasteiger partial charge >= 0.3 is 0 Å². The van der Waals surface area contributed by atoms with Crippen molar-refractivity contribution >= 4 is 23.4 Å². The Morgan fingerprint density at radius 1 is 0.676 bits per heavy atom. The molecule has 3 N–H and O–H groups in total. The number of hydrogen-bond acceptors (Lipinski definition) is 5. The molecule has 3 amide bonds. The van der Waals surface area contributed by atoms with Gasteiger partial charge in [-0.05, 0) is 69.3 Å². The number of rotatable bonds is 8. The van der Waals surface area contributed by atoms with Gasteiger partial charge in [-0.15, -0.1) is 0 Å². The molecule has 34 heavy (non-hydrogen) atoms. The highest BCUT2D eigenvalue weighted by Crippen LogP contribution is 2.29. The number of benzene rings is 3. The average molecular weight is 462 g/mol. The summed E-state index contributed by atoms with van der Waals surface area (Å²) >= 11 is 0. The molecule has 3 aromatic rings. The maximum absolute atomic E-state index is 12.8. The van der Waals surface area contributed by atoms with Gasteiger partial charge in [0.1, 0.15) is 0 Å². The summed E-state index contributed by atoms with van der Waals surface area (Å²) in [7, 11) is 0. The molecule has 3 aromatic carbocycles. The summed E-state index contributed by atoms with van der Waals surface area (Å²) in [5.74, 6) is -0.273. The number of amides is 3. The SMILES string of the molecule is CCOc1ccc(C(=O)Nc2cccc(C(=O)NNC(=O)c3ccc(C)cc3)c2)cc1OCC. The predicted octanol–water partition coefficient (Wildman–Crippen LogP) is 4.12. The molecular weight excluding hydrogens is 434 g/mol. The summed E-state index contributed by atoms with van der Waals surface area (Å²) in [4.78, 5) is 37.4. The zero-order valence-electron chi connectivity index (χ0n) is 19.3. The van der Waals surface area contributed by atoms with E-state index in [0.29, 0.717) is 41.5 Å². The van der Waals surface area contributed by atoms with Crippen molar-refractivity contribution in [2.45, 2.75) is 20.8 Å². The van der Waals surface area contributed by atoms with E-state index >= 15 is 0 Å². The molecule has 176 valence electrons. The van der Waals surface area contributed by atoms with Crippen molar-refractivity contribution < 1.29 is 23.9 Å². The molecule has 0 aliphatic carbocycles. The van der Waals surface area contributed by atoms with Gasteiger partial charge in [-0.25, -0.2) is 0 Å². The highest BCUT2D eigenvalue weighted by atomic mass is 16.5. The number of ether oxygens (including phenoxy) is 2. The fourth-order valence-electron chi connectivity index (χ4n) is 3.10. The Morgan fingerprint density at radius 2 is 1.26 bits per heavy atom. The van der Waals surface area contributed by atoms with Crippen LogP contribution in [0, 0.1) is 6.92 Å². The molecular formula is C26H27N3O5. The Morgan fingerprint density at radius 3 is 1.94 bits per heavy atom. The molecule has 0 fully saturated rings. The number of anilines is 1. The minimum atomic E-state index is -0.517. The van der Waals surface area contributed by atoms with Crippen molar-refractivity contribution in [1.82, 2.24) is 10.9 Å². The largest absolute Gasteiger partial charge is 0.490 e. The summed E-state index contributed by atoms with van der Waals surface area (Å²) in [6, 6.07) is 18.3. The summed E-state index contributed by atoms with van der Waals surface area (Å²) in [6.07, 6.45) is 0. The Labute approximate surface area is 198 Å². The van der Waals surface area contributed by atoms with E-state index in [-0.39, 0.29) is 11.5 Å². The van der Waals surface area contributed by atoms with Crippen LogP contribution in [0.4, 0.5) is 5.69 Å². The van der Waals surface area contributed by atoms with Crippen LogP contribution in [0.3, 0.4) is 0 Å². The molecule has 0 aliphatic heterocycles. The first-order valence-electron chi connectivity index (χ1n) is 10.9. The molecule has 3 rings (SSSR count). The van der Waals surface area contributed by atoms with Crippen LogP contribution in [0.1, 0.15) is 50.5 Å². The molecule has 0 spiro atoms. The highest BCUT2D eigenvalue weighted by Gasteiger charge is 2.14. The van der Waals surface area contributed by atoms with Crippen LogP contribution in [-0.2, 0) is 0 Å². The van der Waals surface area contributed by atoms with E-state index in [4.69, 9.17) is 9.47 Å². The lowest BCUT2D eigenvalue weighted by molar-refractivity contribution is 0.0846. The van der Waals surface area contributed by atoms with Gasteiger partial charge in [-0.1, -0.05) is 23.8 Å². The van der Waals surface area contributed by atoms with Crippen LogP contribution in [0.5, 0.6) is 11.5 Å². The van der Waals surface area contributed by atoms with Crippen molar-refractivity contribution in [3.8, 4) is 11.5 Å². The zero-order valence-corrected chi connectivity index (χ0v) is 19.3. The van der Waals surface area contributed by atoms with Crippen LogP contribution in [0.2, 0.25) is 0 Å². The molecule has 0 saturated carbocycles. The van der Waals surface area contributed by atoms with Gasteiger partial charge in [0.15, 0.2) is 11.5 Å². The van der Waals surface area contributed by atoms with E-state index in [1.54, 1.807) is 48.5 Å². The third kappa shape index (κ3) is 6.35. The van der Waals surface area contributed by atoms with Crippen LogP contribution in [0.15, 0.2) is 66.7 Å². The first kappa shape index (κ1) is 24.3. The van der Waals surface area contributed by atoms with Gasteiger partial charge in [0.2, 0.25) is 0 Å². The lowest BCUT2D eigenvalue weighted by Gasteiger charge is -2.13. The van der Waals surface area contributed by atoms with Gasteiger partial charge in [0, 0.05) is 22.4 Å². The quantitative estimate of drug-likeness (QED) is 0.438. The highest BCUT2D eigenvalue weighted by molar-refractivity contribution is 6.05. The van der Waals surface area contributed by atoms with Gasteiger partial charge < -0.3 is 14.8 Å². The molecule has 0 unspecified atom stereocenters. The standard InChI is InChI=1S/C26H27N3O5/c1-4-33-22-14-13-20(16-23(22)34-5-2)24(30)27-21-8-6-7-19(15-21)26(32)29-28-25(31)18-11-9-17(3)10-12-18/h6-16H,4-5H2,1-3H3,(H,27,30)(H,28,31)(H,29,32). The number of carbonyl (C=O) groups is 3. The van der Waals surface area contributed by atoms with Gasteiger partial charge in [-0.2, -0.15) is 0 Å². The summed E-state index contributed by atoms with van der Waals surface area (Å²) in [5, 5.41) is 2.77. The van der Waals surface area contributed by atoms with Crippen LogP contribution in [-0.4, -0.2) is 30.9 Å². The second-order valence-electron chi connectivity index (χ2n) is 7.34. The maximum Gasteiger partial charge on any atom is 0.269 e. The van der Waals surface area contributed by atoms with Crippen molar-refractivity contribution in [3.05, 3.63) is 89.0 Å². The minimum absolute atomic E-state index is 0.267. The minimum Gasteiger partial charge on any atom is -0.490 e. The third-order valence-electron chi connectivity index (χ3n) is 4.79. The van der Waals surface area contributed by atoms with E-state index < -0.39 is 11.8 Å². The van der Waals surface area contributed by atoms with E-state index in [0.717, 1.165) is 5.56 Å². The molecule has 0 atom stereocenters. The molecule has 0 radical (unpaired) electrons. The summed E-state index contributed by atoms with van der Waals surface area (Å²) in [5.41, 5.74) is 7.29. The number of nitrogens with one attached hydrogen (secondary N) is 3. The fraction of sp³-hybridized carbons (Fsp3) is 0.192. The molecule has 0 aliphatic rings. The summed E-state index contributed by atoms with van der Waals surface area (Å²) < 4.78 is 11.1. The smallest absolute Gasteiger partial charge is 0.269 e. The van der Waals surface area contributed by atoms with Gasteiger partial charge in [0.25, 0.3) is 17.7 Å². The molecule has 0 saturated heterocycles. The third-order valence-corrected chi connectivity index (χ3v) is 4.79. The Hall–Kier alpha value is -4.33. The van der Waals surface area contributed by atoms with Crippen molar-refractivity contribution in [2.24, 2.45) is 0 Å². The normalized spacial score (nSPS) is 10.2. The average Bonchev–Trinajstić information content (AvgIpc) is 2.84. The number of aryl methyl sites for hydroxylation is 1. The molecule has 0 heterocycles. The summed E-state index contributed by atoms with van der Waals surface area (Å²) in [6.45, 7) is 6.55. The zero-order chi connectivity index (χ0) is 24.5. The molecule has 8 heteroatoms. The number of hydrazine groups is 1. The van der Waals surface area contributed by atoms with Crippen molar-refractivity contribution in [1.29, 1.82) is 0 Å². The van der Waals surface area contributed by atoms with Gasteiger partial charge in [-0.3, -0.25) is 25.2 Å². The molecule has 0 bridgehead atoms. The topological polar surface area (TPSA) is 106 Å². The van der Waals surface area contributed by atoms with Crippen LogP contribution >= 0.6 is 0 Å². The monoisotopic (exact) mass is 461 g/mol. The lowest BCUT2D eigenvalue weighted by atomic mass is 10.1. The predicted molar refractivity (Wildman–Crippen MR) is 129 cm³/mol. The van der Waals surface area contributed by atoms with E-state index in [9.17, 15) is 14.4 Å². The maximum atomic E-state index is 12.8. The van der Waals surface area contributed by atoms with E-state index in [2.05, 4.69) is 16.2 Å². The second-order valence-corrected chi connectivity index (χ2v) is 7.34.